The number of rotatable bonds is 17. The summed E-state index contributed by atoms with van der Waals surface area (Å²) in [5.41, 5.74) is 3.42. The second-order valence-electron chi connectivity index (χ2n) is 7.48. The minimum absolute atomic E-state index is 1.32. The zero-order chi connectivity index (χ0) is 17.9. The quantitative estimate of drug-likeness (QED) is 0.184. The highest BCUT2D eigenvalue weighted by molar-refractivity contribution is 5.18. The van der Waals surface area contributed by atoms with Crippen LogP contribution >= 0.6 is 0 Å². The first-order valence-electron chi connectivity index (χ1n) is 11.2. The van der Waals surface area contributed by atoms with Gasteiger partial charge in [-0.25, -0.2) is 0 Å². The van der Waals surface area contributed by atoms with Crippen LogP contribution in [0.5, 0.6) is 0 Å². The van der Waals surface area contributed by atoms with Gasteiger partial charge in [-0.1, -0.05) is 102 Å². The molecule has 0 aliphatic carbocycles. The maximum atomic E-state index is 2.51. The smallest absolute Gasteiger partial charge is 0.0317 e. The van der Waals surface area contributed by atoms with E-state index in [1.807, 2.05) is 0 Å². The van der Waals surface area contributed by atoms with Gasteiger partial charge >= 0.3 is 0 Å². The van der Waals surface area contributed by atoms with Gasteiger partial charge in [-0.2, -0.15) is 0 Å². The highest BCUT2D eigenvalue weighted by Gasteiger charge is 2.00. The van der Waals surface area contributed by atoms with Gasteiger partial charge < -0.3 is 0 Å². The summed E-state index contributed by atoms with van der Waals surface area (Å²) in [4.78, 5) is 0. The molecule has 0 aromatic heterocycles. The Morgan fingerprint density at radius 2 is 0.667 bits per heavy atom. The predicted molar refractivity (Wildman–Crippen MR) is 113 cm³/mol. The van der Waals surface area contributed by atoms with Crippen LogP contribution in [0.25, 0.3) is 0 Å². The van der Waals surface area contributed by atoms with Crippen LogP contribution in [0.3, 0.4) is 0 Å². The van der Waals surface area contributed by atoms with Crippen molar-refractivity contribution in [2.45, 2.75) is 130 Å². The van der Waals surface area contributed by atoms with Crippen LogP contribution in [0.4, 0.5) is 0 Å². The van der Waals surface area contributed by atoms with Gasteiger partial charge in [0.2, 0.25) is 0 Å². The van der Waals surface area contributed by atoms with Crippen LogP contribution < -0.4 is 0 Å². The fourth-order valence-electron chi connectivity index (χ4n) is 3.23. The lowest BCUT2D eigenvalue weighted by Crippen LogP contribution is -1.89. The van der Waals surface area contributed by atoms with Crippen LogP contribution in [-0.4, -0.2) is 0 Å². The molecule has 0 aliphatic heterocycles. The molecule has 0 heterocycles. The Morgan fingerprint density at radius 3 is 0.875 bits per heavy atom. The average molecular weight is 335 g/mol. The summed E-state index contributed by atoms with van der Waals surface area (Å²) >= 11 is 0. The molecule has 0 nitrogen and oxygen atoms in total. The summed E-state index contributed by atoms with van der Waals surface area (Å²) in [6.45, 7) is 9.22. The lowest BCUT2D eigenvalue weighted by Gasteiger charge is -2.09. The Kier molecular flexibility index (Phi) is 18.4. The molecule has 0 atom stereocenters. The number of unbranched alkanes of at least 4 members (excludes halogenated alkanes) is 8. The molecule has 0 bridgehead atoms. The van der Waals surface area contributed by atoms with E-state index in [9.17, 15) is 0 Å². The fraction of sp³-hybridized carbons (Fsp3) is 0.833. The molecule has 0 aromatic rings. The van der Waals surface area contributed by atoms with Crippen molar-refractivity contribution in [1.29, 1.82) is 0 Å². The first-order chi connectivity index (χ1) is 11.8. The van der Waals surface area contributed by atoms with Crippen LogP contribution in [0.2, 0.25) is 0 Å². The second-order valence-corrected chi connectivity index (χ2v) is 7.48. The maximum absolute atomic E-state index is 2.51. The molecule has 0 aromatic carbocycles. The standard InChI is InChI=1S/C24H46/c1-5-9-13-17-23(18-14-10-6-2)21-22-24(19-15-11-7-3)20-16-12-8-4/h21-22H,5-20H2,1-4H3. The van der Waals surface area contributed by atoms with Gasteiger partial charge in [0.25, 0.3) is 0 Å². The van der Waals surface area contributed by atoms with Crippen LogP contribution in [0.1, 0.15) is 130 Å². The van der Waals surface area contributed by atoms with E-state index in [4.69, 9.17) is 0 Å². The molecule has 0 saturated carbocycles. The molecule has 24 heavy (non-hydrogen) atoms. The number of allylic oxidation sites excluding steroid dienone is 4. The highest BCUT2D eigenvalue weighted by Crippen LogP contribution is 2.20. The molecule has 0 unspecified atom stereocenters. The molecule has 0 amide bonds. The molecule has 0 fully saturated rings. The van der Waals surface area contributed by atoms with Crippen molar-refractivity contribution in [1.82, 2.24) is 0 Å². The zero-order valence-corrected chi connectivity index (χ0v) is 17.5. The zero-order valence-electron chi connectivity index (χ0n) is 17.5. The second kappa shape index (κ2) is 18.8. The third-order valence-corrected chi connectivity index (χ3v) is 4.96. The van der Waals surface area contributed by atoms with Gasteiger partial charge in [-0.15, -0.1) is 0 Å². The van der Waals surface area contributed by atoms with Gasteiger partial charge in [-0.3, -0.25) is 0 Å². The van der Waals surface area contributed by atoms with Crippen molar-refractivity contribution in [2.75, 3.05) is 0 Å². The van der Waals surface area contributed by atoms with Crippen LogP contribution in [-0.2, 0) is 0 Å². The molecule has 0 N–H and O–H groups in total. The lowest BCUT2D eigenvalue weighted by atomic mass is 9.97. The molecular weight excluding hydrogens is 288 g/mol. The van der Waals surface area contributed by atoms with Gasteiger partial charge in [0, 0.05) is 0 Å². The van der Waals surface area contributed by atoms with Crippen molar-refractivity contribution in [3.05, 3.63) is 23.3 Å². The van der Waals surface area contributed by atoms with E-state index in [1.54, 1.807) is 11.1 Å². The number of hydrogen-bond donors (Lipinski definition) is 0. The molecule has 0 heteroatoms. The Hall–Kier alpha value is -0.520. The van der Waals surface area contributed by atoms with Crippen LogP contribution in [0, 0.1) is 0 Å². The third-order valence-electron chi connectivity index (χ3n) is 4.96. The molecule has 142 valence electrons. The Labute approximate surface area is 154 Å². The first kappa shape index (κ1) is 23.5. The minimum atomic E-state index is 1.32. The molecular formula is C24H46. The summed E-state index contributed by atoms with van der Waals surface area (Å²) in [6.07, 6.45) is 26.7. The molecule has 0 aliphatic rings. The summed E-state index contributed by atoms with van der Waals surface area (Å²) < 4.78 is 0. The average Bonchev–Trinajstić information content (AvgIpc) is 2.59. The molecule has 0 spiro atoms. The van der Waals surface area contributed by atoms with Gasteiger partial charge in [0.15, 0.2) is 0 Å². The van der Waals surface area contributed by atoms with Gasteiger partial charge in [0.05, 0.1) is 0 Å². The van der Waals surface area contributed by atoms with Crippen molar-refractivity contribution in [3.8, 4) is 0 Å². The van der Waals surface area contributed by atoms with E-state index < -0.39 is 0 Å². The van der Waals surface area contributed by atoms with E-state index in [0.29, 0.717) is 0 Å². The lowest BCUT2D eigenvalue weighted by molar-refractivity contribution is 0.654. The van der Waals surface area contributed by atoms with Gasteiger partial charge in [0.1, 0.15) is 0 Å². The Bertz CT molecular complexity index is 252. The Morgan fingerprint density at radius 1 is 0.417 bits per heavy atom. The maximum Gasteiger partial charge on any atom is -0.0317 e. The SMILES string of the molecule is CCCCCC(=CC=C(CCCCC)CCCCC)CCCCC. The monoisotopic (exact) mass is 334 g/mol. The van der Waals surface area contributed by atoms with Crippen molar-refractivity contribution < 1.29 is 0 Å². The third kappa shape index (κ3) is 15.0. The first-order valence-corrected chi connectivity index (χ1v) is 11.2. The molecule has 0 rings (SSSR count). The van der Waals surface area contributed by atoms with E-state index in [-0.39, 0.29) is 0 Å². The van der Waals surface area contributed by atoms with E-state index in [0.717, 1.165) is 0 Å². The number of hydrogen-bond acceptors (Lipinski definition) is 0. The summed E-state index contributed by atoms with van der Waals surface area (Å²) in [5.74, 6) is 0. The fourth-order valence-corrected chi connectivity index (χ4v) is 3.23. The minimum Gasteiger partial charge on any atom is -0.0702 e. The van der Waals surface area contributed by atoms with Crippen molar-refractivity contribution >= 4 is 0 Å². The molecule has 0 saturated heterocycles. The normalized spacial score (nSPS) is 10.7. The highest BCUT2D eigenvalue weighted by atomic mass is 14.1. The Balaban J connectivity index is 4.68. The summed E-state index contributed by atoms with van der Waals surface area (Å²) in [7, 11) is 0. The summed E-state index contributed by atoms with van der Waals surface area (Å²) in [6, 6.07) is 0. The van der Waals surface area contributed by atoms with Crippen molar-refractivity contribution in [3.63, 3.8) is 0 Å². The molecule has 0 radical (unpaired) electrons. The van der Waals surface area contributed by atoms with Crippen LogP contribution in [0.15, 0.2) is 23.3 Å². The van der Waals surface area contributed by atoms with E-state index >= 15 is 0 Å². The predicted octanol–water partition coefficient (Wildman–Crippen LogP) is 9.16. The van der Waals surface area contributed by atoms with Crippen molar-refractivity contribution in [2.24, 2.45) is 0 Å². The van der Waals surface area contributed by atoms with E-state index in [1.165, 1.54) is 103 Å². The largest absolute Gasteiger partial charge is 0.0702 e. The van der Waals surface area contributed by atoms with Gasteiger partial charge in [-0.05, 0) is 51.4 Å². The van der Waals surface area contributed by atoms with E-state index in [2.05, 4.69) is 39.8 Å². The summed E-state index contributed by atoms with van der Waals surface area (Å²) in [5, 5.41) is 0. The topological polar surface area (TPSA) is 0 Å².